The van der Waals surface area contributed by atoms with E-state index in [1.807, 2.05) is 0 Å². The number of halogens is 3. The van der Waals surface area contributed by atoms with E-state index in [1.54, 1.807) is 6.92 Å². The molecule has 0 aliphatic heterocycles. The van der Waals surface area contributed by atoms with E-state index in [-0.39, 0.29) is 6.61 Å². The average molecular weight is 157 g/mol. The van der Waals surface area contributed by atoms with Crippen molar-refractivity contribution in [2.75, 3.05) is 13.3 Å². The van der Waals surface area contributed by atoms with Gasteiger partial charge in [0.05, 0.1) is 0 Å². The zero-order chi connectivity index (χ0) is 8.04. The SMILES string of the molecule is CCO[CH]OC(F)(F)CF. The van der Waals surface area contributed by atoms with Gasteiger partial charge in [0, 0.05) is 6.61 Å². The van der Waals surface area contributed by atoms with Gasteiger partial charge in [-0.15, -0.1) is 0 Å². The van der Waals surface area contributed by atoms with Crippen molar-refractivity contribution in [1.82, 2.24) is 0 Å². The summed E-state index contributed by atoms with van der Waals surface area (Å²) in [5, 5.41) is 0. The molecule has 61 valence electrons. The molecule has 0 aliphatic rings. The maximum absolute atomic E-state index is 11.8. The Hall–Kier alpha value is -0.290. The molecule has 0 aliphatic carbocycles. The fourth-order valence-corrected chi connectivity index (χ4v) is 0.204. The highest BCUT2D eigenvalue weighted by atomic mass is 19.3. The van der Waals surface area contributed by atoms with Crippen molar-refractivity contribution in [1.29, 1.82) is 0 Å². The molecule has 10 heavy (non-hydrogen) atoms. The summed E-state index contributed by atoms with van der Waals surface area (Å²) in [5.74, 6) is 0. The minimum absolute atomic E-state index is 0.211. The molecule has 0 rings (SSSR count). The lowest BCUT2D eigenvalue weighted by Gasteiger charge is -2.10. The summed E-state index contributed by atoms with van der Waals surface area (Å²) < 4.78 is 42.6. The molecule has 0 bridgehead atoms. The molecule has 0 atom stereocenters. The summed E-state index contributed by atoms with van der Waals surface area (Å²) in [6.07, 6.45) is -3.75. The summed E-state index contributed by atoms with van der Waals surface area (Å²) in [4.78, 5) is 0. The third-order valence-corrected chi connectivity index (χ3v) is 0.611. The van der Waals surface area contributed by atoms with Crippen LogP contribution in [0.5, 0.6) is 0 Å². The molecule has 5 heteroatoms. The second kappa shape index (κ2) is 4.51. The van der Waals surface area contributed by atoms with E-state index >= 15 is 0 Å². The van der Waals surface area contributed by atoms with Crippen LogP contribution in [0.1, 0.15) is 6.92 Å². The smallest absolute Gasteiger partial charge is 0.348 e. The van der Waals surface area contributed by atoms with E-state index < -0.39 is 12.8 Å². The molecule has 0 heterocycles. The minimum Gasteiger partial charge on any atom is -0.348 e. The van der Waals surface area contributed by atoms with Crippen molar-refractivity contribution in [3.05, 3.63) is 6.79 Å². The van der Waals surface area contributed by atoms with Gasteiger partial charge in [0.15, 0.2) is 6.67 Å². The minimum atomic E-state index is -3.75. The Labute approximate surface area is 56.9 Å². The number of hydrogen-bond donors (Lipinski definition) is 0. The first-order chi connectivity index (χ1) is 4.62. The molecule has 0 aromatic carbocycles. The first-order valence-corrected chi connectivity index (χ1v) is 2.67. The lowest BCUT2D eigenvalue weighted by atomic mass is 10.7. The largest absolute Gasteiger partial charge is 0.386 e. The van der Waals surface area contributed by atoms with Crippen molar-refractivity contribution in [3.63, 3.8) is 0 Å². The monoisotopic (exact) mass is 157 g/mol. The van der Waals surface area contributed by atoms with Crippen molar-refractivity contribution in [2.45, 2.75) is 13.0 Å². The third-order valence-electron chi connectivity index (χ3n) is 0.611. The molecule has 0 N–H and O–H groups in total. The van der Waals surface area contributed by atoms with Gasteiger partial charge < -0.3 is 4.74 Å². The van der Waals surface area contributed by atoms with Crippen LogP contribution in [-0.2, 0) is 9.47 Å². The van der Waals surface area contributed by atoms with Gasteiger partial charge in [-0.1, -0.05) is 0 Å². The van der Waals surface area contributed by atoms with Crippen LogP contribution in [0.4, 0.5) is 13.2 Å². The normalized spacial score (nSPS) is 12.0. The van der Waals surface area contributed by atoms with E-state index in [2.05, 4.69) is 9.47 Å². The molecule has 0 amide bonds. The summed E-state index contributed by atoms with van der Waals surface area (Å²) >= 11 is 0. The maximum Gasteiger partial charge on any atom is 0.386 e. The summed E-state index contributed by atoms with van der Waals surface area (Å²) in [6.45, 7) is 0.381. The second-order valence-electron chi connectivity index (χ2n) is 1.44. The number of hydrogen-bond acceptors (Lipinski definition) is 2. The number of rotatable bonds is 5. The van der Waals surface area contributed by atoms with Crippen LogP contribution < -0.4 is 0 Å². The van der Waals surface area contributed by atoms with E-state index in [9.17, 15) is 13.2 Å². The summed E-state index contributed by atoms with van der Waals surface area (Å²) in [5.41, 5.74) is 0. The van der Waals surface area contributed by atoms with E-state index in [0.717, 1.165) is 0 Å². The molecule has 0 aromatic rings. The lowest BCUT2D eigenvalue weighted by molar-refractivity contribution is -0.252. The molecular weight excluding hydrogens is 149 g/mol. The summed E-state index contributed by atoms with van der Waals surface area (Å²) in [6, 6.07) is 0. The highest BCUT2D eigenvalue weighted by molar-refractivity contribution is 4.48. The highest BCUT2D eigenvalue weighted by Gasteiger charge is 2.30. The lowest BCUT2D eigenvalue weighted by Crippen LogP contribution is -2.22. The molecule has 0 saturated heterocycles. The number of ether oxygens (including phenoxy) is 2. The van der Waals surface area contributed by atoms with Crippen molar-refractivity contribution in [2.24, 2.45) is 0 Å². The molecule has 0 saturated carbocycles. The zero-order valence-electron chi connectivity index (χ0n) is 5.44. The van der Waals surface area contributed by atoms with Crippen LogP contribution in [0.25, 0.3) is 0 Å². The van der Waals surface area contributed by atoms with Crippen LogP contribution in [0.3, 0.4) is 0 Å². The van der Waals surface area contributed by atoms with Gasteiger partial charge in [-0.2, -0.15) is 8.78 Å². The Morgan fingerprint density at radius 3 is 2.50 bits per heavy atom. The molecule has 0 unspecified atom stereocenters. The van der Waals surface area contributed by atoms with Crippen LogP contribution in [0.15, 0.2) is 0 Å². The van der Waals surface area contributed by atoms with Gasteiger partial charge >= 0.3 is 6.11 Å². The first kappa shape index (κ1) is 9.71. The molecule has 0 spiro atoms. The Morgan fingerprint density at radius 1 is 1.50 bits per heavy atom. The molecular formula is C5H8F3O2. The average Bonchev–Trinajstić information content (AvgIpc) is 1.89. The van der Waals surface area contributed by atoms with Gasteiger partial charge in [0.25, 0.3) is 0 Å². The van der Waals surface area contributed by atoms with Gasteiger partial charge in [-0.25, -0.2) is 4.39 Å². The van der Waals surface area contributed by atoms with Crippen LogP contribution in [0, 0.1) is 6.79 Å². The Balaban J connectivity index is 3.28. The zero-order valence-corrected chi connectivity index (χ0v) is 5.44. The first-order valence-electron chi connectivity index (χ1n) is 2.67. The van der Waals surface area contributed by atoms with E-state index in [1.165, 1.54) is 0 Å². The molecule has 0 aromatic heterocycles. The quantitative estimate of drug-likeness (QED) is 0.565. The molecule has 2 nitrogen and oxygen atoms in total. The maximum atomic E-state index is 11.8. The van der Waals surface area contributed by atoms with Crippen LogP contribution in [-0.4, -0.2) is 19.4 Å². The van der Waals surface area contributed by atoms with Gasteiger partial charge in [0.1, 0.15) is 0 Å². The summed E-state index contributed by atoms with van der Waals surface area (Å²) in [7, 11) is 0. The molecule has 0 fully saturated rings. The fourth-order valence-electron chi connectivity index (χ4n) is 0.204. The van der Waals surface area contributed by atoms with Crippen molar-refractivity contribution in [3.8, 4) is 0 Å². The van der Waals surface area contributed by atoms with Crippen molar-refractivity contribution < 1.29 is 22.6 Å². The second-order valence-corrected chi connectivity index (χ2v) is 1.44. The predicted molar refractivity (Wildman–Crippen MR) is 27.9 cm³/mol. The van der Waals surface area contributed by atoms with Gasteiger partial charge in [-0.05, 0) is 6.92 Å². The van der Waals surface area contributed by atoms with Crippen molar-refractivity contribution >= 4 is 0 Å². The topological polar surface area (TPSA) is 18.5 Å². The highest BCUT2D eigenvalue weighted by Crippen LogP contribution is 2.16. The standard InChI is InChI=1S/C5H8F3O2/c1-2-9-4-10-5(7,8)3-6/h4H,2-3H2,1H3. The predicted octanol–water partition coefficient (Wildman–Crippen LogP) is 1.72. The molecule has 1 radical (unpaired) electrons. The Morgan fingerprint density at radius 2 is 2.10 bits per heavy atom. The fraction of sp³-hybridized carbons (Fsp3) is 0.800. The van der Waals surface area contributed by atoms with Gasteiger partial charge in [-0.3, -0.25) is 4.74 Å². The number of alkyl halides is 3. The van der Waals surface area contributed by atoms with E-state index in [0.29, 0.717) is 6.79 Å². The van der Waals surface area contributed by atoms with Crippen LogP contribution in [0.2, 0.25) is 0 Å². The van der Waals surface area contributed by atoms with Gasteiger partial charge in [0.2, 0.25) is 6.79 Å². The van der Waals surface area contributed by atoms with Crippen LogP contribution >= 0.6 is 0 Å². The Bertz CT molecular complexity index is 87.0. The Kier molecular flexibility index (Phi) is 4.38. The van der Waals surface area contributed by atoms with E-state index in [4.69, 9.17) is 0 Å². The third kappa shape index (κ3) is 4.58.